The smallest absolute Gasteiger partial charge is 0.247 e. The van der Waals surface area contributed by atoms with Crippen LogP contribution in [0.25, 0.3) is 16.7 Å². The number of benzene rings is 3. The number of rotatable bonds is 9. The molecule has 3 heterocycles. The minimum atomic E-state index is -0.223. The second kappa shape index (κ2) is 11.0. The van der Waals surface area contributed by atoms with E-state index in [-0.39, 0.29) is 5.82 Å². The molecular formula is C28H30FN9. The van der Waals surface area contributed by atoms with Gasteiger partial charge in [0.1, 0.15) is 5.82 Å². The van der Waals surface area contributed by atoms with E-state index in [1.165, 1.54) is 12.1 Å². The molecule has 0 spiro atoms. The summed E-state index contributed by atoms with van der Waals surface area (Å²) >= 11 is 0. The molecule has 0 bridgehead atoms. The van der Waals surface area contributed by atoms with E-state index in [4.69, 9.17) is 4.98 Å². The standard InChI is InChI=1S/C28H30FN9/c29-22-12-10-21(11-13-22)20-37-26-9-5-4-8-25(26)32-28(37)31-23-14-17-36(18-15-23)19-16-30-27-33-34-35-38(27)24-6-2-1-3-7-24/h1-13,23H,14-20H2,(H,31,32)(H,30,33,35). The second-order valence-electron chi connectivity index (χ2n) is 9.57. The summed E-state index contributed by atoms with van der Waals surface area (Å²) in [5.74, 6) is 1.29. The number of likely N-dealkylation sites (tertiary alicyclic amines) is 1. The lowest BCUT2D eigenvalue weighted by atomic mass is 10.1. The first kappa shape index (κ1) is 24.1. The van der Waals surface area contributed by atoms with Crippen LogP contribution in [0.15, 0.2) is 78.9 Å². The predicted octanol–water partition coefficient (Wildman–Crippen LogP) is 4.19. The van der Waals surface area contributed by atoms with Gasteiger partial charge in [-0.05, 0) is 65.2 Å². The number of halogens is 1. The minimum Gasteiger partial charge on any atom is -0.353 e. The number of aromatic nitrogens is 6. The molecule has 1 fully saturated rings. The molecule has 38 heavy (non-hydrogen) atoms. The van der Waals surface area contributed by atoms with Crippen LogP contribution < -0.4 is 10.6 Å². The fraction of sp³-hybridized carbons (Fsp3) is 0.286. The van der Waals surface area contributed by atoms with Crippen molar-refractivity contribution in [3.8, 4) is 5.69 Å². The van der Waals surface area contributed by atoms with Crippen LogP contribution in [-0.2, 0) is 6.54 Å². The van der Waals surface area contributed by atoms with Gasteiger partial charge < -0.3 is 20.1 Å². The highest BCUT2D eigenvalue weighted by atomic mass is 19.1. The van der Waals surface area contributed by atoms with Gasteiger partial charge in [0.15, 0.2) is 0 Å². The van der Waals surface area contributed by atoms with Gasteiger partial charge in [0.25, 0.3) is 0 Å². The highest BCUT2D eigenvalue weighted by Crippen LogP contribution is 2.24. The molecule has 3 aromatic carbocycles. The summed E-state index contributed by atoms with van der Waals surface area (Å²) in [5.41, 5.74) is 4.00. The third kappa shape index (κ3) is 5.35. The van der Waals surface area contributed by atoms with Gasteiger partial charge in [0.2, 0.25) is 11.9 Å². The summed E-state index contributed by atoms with van der Waals surface area (Å²) in [7, 11) is 0. The zero-order valence-corrected chi connectivity index (χ0v) is 21.0. The average molecular weight is 512 g/mol. The van der Waals surface area contributed by atoms with Gasteiger partial charge in [-0.1, -0.05) is 47.6 Å². The van der Waals surface area contributed by atoms with Crippen molar-refractivity contribution in [2.45, 2.75) is 25.4 Å². The zero-order valence-electron chi connectivity index (χ0n) is 21.0. The topological polar surface area (TPSA) is 88.7 Å². The largest absolute Gasteiger partial charge is 0.353 e. The predicted molar refractivity (Wildman–Crippen MR) is 146 cm³/mol. The Balaban J connectivity index is 1.05. The first-order valence-corrected chi connectivity index (χ1v) is 13.0. The Bertz CT molecular complexity index is 1470. The Labute approximate surface area is 220 Å². The van der Waals surface area contributed by atoms with Crippen LogP contribution in [0.1, 0.15) is 18.4 Å². The van der Waals surface area contributed by atoms with Crippen LogP contribution >= 0.6 is 0 Å². The van der Waals surface area contributed by atoms with Gasteiger partial charge in [0, 0.05) is 32.2 Å². The van der Waals surface area contributed by atoms with E-state index < -0.39 is 0 Å². The Kier molecular flexibility index (Phi) is 6.95. The Morgan fingerprint density at radius 2 is 1.63 bits per heavy atom. The summed E-state index contributed by atoms with van der Waals surface area (Å²) in [6.07, 6.45) is 2.06. The highest BCUT2D eigenvalue weighted by molar-refractivity contribution is 5.78. The van der Waals surface area contributed by atoms with Crippen LogP contribution in [-0.4, -0.2) is 66.9 Å². The van der Waals surface area contributed by atoms with Gasteiger partial charge >= 0.3 is 0 Å². The summed E-state index contributed by atoms with van der Waals surface area (Å²) in [6, 6.07) is 25.0. The first-order chi connectivity index (χ1) is 18.7. The quantitative estimate of drug-likeness (QED) is 0.307. The number of hydrogen-bond acceptors (Lipinski definition) is 7. The Morgan fingerprint density at radius 3 is 2.45 bits per heavy atom. The lowest BCUT2D eigenvalue weighted by molar-refractivity contribution is 0.226. The number of fused-ring (bicyclic) bond motifs is 1. The molecule has 1 aliphatic rings. The third-order valence-corrected chi connectivity index (χ3v) is 7.01. The number of tetrazole rings is 1. The van der Waals surface area contributed by atoms with Crippen LogP contribution in [0.3, 0.4) is 0 Å². The monoisotopic (exact) mass is 511 g/mol. The second-order valence-corrected chi connectivity index (χ2v) is 9.57. The molecule has 9 nitrogen and oxygen atoms in total. The zero-order chi connectivity index (χ0) is 25.7. The van der Waals surface area contributed by atoms with Crippen molar-refractivity contribution >= 4 is 22.9 Å². The van der Waals surface area contributed by atoms with Crippen molar-refractivity contribution in [3.05, 3.63) is 90.2 Å². The Morgan fingerprint density at radius 1 is 0.868 bits per heavy atom. The van der Waals surface area contributed by atoms with Crippen LogP contribution in [0.5, 0.6) is 0 Å². The molecule has 0 unspecified atom stereocenters. The SMILES string of the molecule is Fc1ccc(Cn2c(NC3CCN(CCNc4nnnn4-c4ccccc4)CC3)nc3ccccc32)cc1. The highest BCUT2D eigenvalue weighted by Gasteiger charge is 2.21. The van der Waals surface area contributed by atoms with Crippen LogP contribution in [0, 0.1) is 5.82 Å². The molecule has 2 aromatic heterocycles. The molecule has 10 heteroatoms. The molecule has 6 rings (SSSR count). The maximum absolute atomic E-state index is 13.4. The number of imidazole rings is 1. The van der Waals surface area contributed by atoms with Crippen molar-refractivity contribution in [2.75, 3.05) is 36.8 Å². The lowest BCUT2D eigenvalue weighted by Crippen LogP contribution is -2.41. The molecular weight excluding hydrogens is 481 g/mol. The van der Waals surface area contributed by atoms with Crippen molar-refractivity contribution in [3.63, 3.8) is 0 Å². The number of piperidine rings is 1. The minimum absolute atomic E-state index is 0.223. The van der Waals surface area contributed by atoms with Gasteiger partial charge in [-0.15, -0.1) is 0 Å². The molecule has 2 N–H and O–H groups in total. The van der Waals surface area contributed by atoms with E-state index >= 15 is 0 Å². The summed E-state index contributed by atoms with van der Waals surface area (Å²) in [5, 5.41) is 19.1. The summed E-state index contributed by atoms with van der Waals surface area (Å²) < 4.78 is 17.3. The van der Waals surface area contributed by atoms with E-state index in [1.807, 2.05) is 60.7 Å². The fourth-order valence-electron chi connectivity index (χ4n) is 4.97. The molecule has 5 aromatic rings. The summed E-state index contributed by atoms with van der Waals surface area (Å²) in [6.45, 7) is 4.31. The Hall–Kier alpha value is -4.31. The van der Waals surface area contributed by atoms with Crippen LogP contribution in [0.2, 0.25) is 0 Å². The van der Waals surface area contributed by atoms with E-state index in [0.29, 0.717) is 18.5 Å². The fourth-order valence-corrected chi connectivity index (χ4v) is 4.97. The number of para-hydroxylation sites is 3. The van der Waals surface area contributed by atoms with E-state index in [9.17, 15) is 4.39 Å². The van der Waals surface area contributed by atoms with E-state index in [1.54, 1.807) is 4.68 Å². The van der Waals surface area contributed by atoms with E-state index in [0.717, 1.165) is 67.3 Å². The lowest BCUT2D eigenvalue weighted by Gasteiger charge is -2.32. The first-order valence-electron chi connectivity index (χ1n) is 13.0. The molecule has 0 atom stereocenters. The average Bonchev–Trinajstić information content (AvgIpc) is 3.56. The summed E-state index contributed by atoms with van der Waals surface area (Å²) in [4.78, 5) is 7.35. The maximum atomic E-state index is 13.4. The molecule has 0 amide bonds. The molecule has 1 saturated heterocycles. The number of nitrogens with one attached hydrogen (secondary N) is 2. The van der Waals surface area contributed by atoms with Crippen molar-refractivity contribution in [1.82, 2.24) is 34.7 Å². The van der Waals surface area contributed by atoms with E-state index in [2.05, 4.69) is 41.7 Å². The normalized spacial score (nSPS) is 14.7. The number of anilines is 2. The van der Waals surface area contributed by atoms with Gasteiger partial charge in [-0.3, -0.25) is 0 Å². The molecule has 0 radical (unpaired) electrons. The molecule has 0 saturated carbocycles. The number of nitrogens with zero attached hydrogens (tertiary/aromatic N) is 7. The maximum Gasteiger partial charge on any atom is 0.247 e. The van der Waals surface area contributed by atoms with Gasteiger partial charge in [0.05, 0.1) is 23.3 Å². The number of hydrogen-bond donors (Lipinski definition) is 2. The molecule has 0 aliphatic carbocycles. The van der Waals surface area contributed by atoms with Gasteiger partial charge in [-0.2, -0.15) is 4.68 Å². The van der Waals surface area contributed by atoms with Crippen molar-refractivity contribution < 1.29 is 4.39 Å². The third-order valence-electron chi connectivity index (χ3n) is 7.01. The van der Waals surface area contributed by atoms with Crippen LogP contribution in [0.4, 0.5) is 16.3 Å². The van der Waals surface area contributed by atoms with Crippen molar-refractivity contribution in [2.24, 2.45) is 0 Å². The van der Waals surface area contributed by atoms with Crippen molar-refractivity contribution in [1.29, 1.82) is 0 Å². The molecule has 194 valence electrons. The molecule has 1 aliphatic heterocycles. The van der Waals surface area contributed by atoms with Gasteiger partial charge in [-0.25, -0.2) is 9.37 Å².